The van der Waals surface area contributed by atoms with Crippen LogP contribution in [0.15, 0.2) is 0 Å². The first-order valence-electron chi connectivity index (χ1n) is 5.50. The zero-order valence-electron chi connectivity index (χ0n) is 9.08. The molecule has 0 spiro atoms. The molecule has 1 amide bonds. The predicted octanol–water partition coefficient (Wildman–Crippen LogP) is 1.42. The Labute approximate surface area is 85.4 Å². The van der Waals surface area contributed by atoms with Gasteiger partial charge in [-0.25, -0.2) is 0 Å². The molecule has 80 valence electrons. The van der Waals surface area contributed by atoms with Gasteiger partial charge in [-0.3, -0.25) is 4.79 Å². The van der Waals surface area contributed by atoms with Gasteiger partial charge in [0.05, 0.1) is 0 Å². The Bertz CT molecular complexity index is 231. The predicted molar refractivity (Wildman–Crippen MR) is 54.0 cm³/mol. The van der Waals surface area contributed by atoms with E-state index in [9.17, 15) is 4.79 Å². The van der Waals surface area contributed by atoms with Crippen molar-refractivity contribution in [2.75, 3.05) is 19.8 Å². The maximum atomic E-state index is 12.0. The van der Waals surface area contributed by atoms with Crippen LogP contribution < -0.4 is 0 Å². The van der Waals surface area contributed by atoms with Crippen LogP contribution in [0.3, 0.4) is 0 Å². The van der Waals surface area contributed by atoms with E-state index in [4.69, 9.17) is 4.74 Å². The third-order valence-corrected chi connectivity index (χ3v) is 3.45. The second-order valence-corrected chi connectivity index (χ2v) is 4.98. The summed E-state index contributed by atoms with van der Waals surface area (Å²) in [6, 6.07) is 0.443. The second kappa shape index (κ2) is 3.54. The van der Waals surface area contributed by atoms with Gasteiger partial charge in [-0.1, -0.05) is 13.8 Å². The number of ether oxygens (including phenoxy) is 1. The maximum Gasteiger partial charge on any atom is 0.228 e. The van der Waals surface area contributed by atoms with Gasteiger partial charge in [0.2, 0.25) is 5.91 Å². The first-order chi connectivity index (χ1) is 6.61. The van der Waals surface area contributed by atoms with Gasteiger partial charge in [-0.05, 0) is 19.3 Å². The van der Waals surface area contributed by atoms with E-state index < -0.39 is 0 Å². The average molecular weight is 197 g/mol. The summed E-state index contributed by atoms with van der Waals surface area (Å²) in [4.78, 5) is 14.1. The minimum Gasteiger partial charge on any atom is -0.381 e. The van der Waals surface area contributed by atoms with E-state index in [1.807, 2.05) is 0 Å². The van der Waals surface area contributed by atoms with Crippen molar-refractivity contribution in [2.45, 2.75) is 39.2 Å². The highest BCUT2D eigenvalue weighted by atomic mass is 16.5. The molecule has 0 atom stereocenters. The standard InChI is InChI=1S/C11H19NO2/c1-11(2)5-6-12(10(11)13)9-3-7-14-8-4-9/h9H,3-8H2,1-2H3. The monoisotopic (exact) mass is 197 g/mol. The Morgan fingerprint density at radius 1 is 1.36 bits per heavy atom. The van der Waals surface area contributed by atoms with E-state index in [2.05, 4.69) is 18.7 Å². The molecule has 2 aliphatic rings. The highest BCUT2D eigenvalue weighted by Crippen LogP contribution is 2.33. The Hall–Kier alpha value is -0.570. The van der Waals surface area contributed by atoms with Gasteiger partial charge in [-0.15, -0.1) is 0 Å². The van der Waals surface area contributed by atoms with E-state index in [1.165, 1.54) is 0 Å². The number of rotatable bonds is 1. The van der Waals surface area contributed by atoms with Crippen molar-refractivity contribution in [2.24, 2.45) is 5.41 Å². The van der Waals surface area contributed by atoms with Gasteiger partial charge in [-0.2, -0.15) is 0 Å². The number of carbonyl (C=O) groups excluding carboxylic acids is 1. The third kappa shape index (κ3) is 1.65. The summed E-state index contributed by atoms with van der Waals surface area (Å²) >= 11 is 0. The van der Waals surface area contributed by atoms with Crippen LogP contribution in [0.1, 0.15) is 33.1 Å². The van der Waals surface area contributed by atoms with Gasteiger partial charge in [0, 0.05) is 31.2 Å². The highest BCUT2D eigenvalue weighted by Gasteiger charge is 2.41. The fraction of sp³-hybridized carbons (Fsp3) is 0.909. The van der Waals surface area contributed by atoms with Gasteiger partial charge >= 0.3 is 0 Å². The van der Waals surface area contributed by atoms with Gasteiger partial charge < -0.3 is 9.64 Å². The van der Waals surface area contributed by atoms with E-state index in [1.54, 1.807) is 0 Å². The van der Waals surface area contributed by atoms with Crippen molar-refractivity contribution in [1.29, 1.82) is 0 Å². The molecule has 2 heterocycles. The molecule has 2 saturated heterocycles. The molecule has 0 saturated carbocycles. The topological polar surface area (TPSA) is 29.5 Å². The van der Waals surface area contributed by atoms with Crippen molar-refractivity contribution < 1.29 is 9.53 Å². The summed E-state index contributed by atoms with van der Waals surface area (Å²) < 4.78 is 5.31. The lowest BCUT2D eigenvalue weighted by atomic mass is 9.92. The average Bonchev–Trinajstić information content (AvgIpc) is 2.44. The lowest BCUT2D eigenvalue weighted by Crippen LogP contribution is -2.42. The minimum atomic E-state index is -0.127. The molecular weight excluding hydrogens is 178 g/mol. The van der Waals surface area contributed by atoms with Gasteiger partial charge in [0.15, 0.2) is 0 Å². The smallest absolute Gasteiger partial charge is 0.228 e. The van der Waals surface area contributed by atoms with Crippen LogP contribution in [-0.2, 0) is 9.53 Å². The minimum absolute atomic E-state index is 0.127. The molecule has 0 radical (unpaired) electrons. The Balaban J connectivity index is 2.02. The lowest BCUT2D eigenvalue weighted by molar-refractivity contribution is -0.138. The fourth-order valence-electron chi connectivity index (χ4n) is 2.34. The Morgan fingerprint density at radius 2 is 2.00 bits per heavy atom. The summed E-state index contributed by atoms with van der Waals surface area (Å²) in [6.45, 7) is 6.67. The first kappa shape index (κ1) is 9.97. The molecule has 0 N–H and O–H groups in total. The zero-order valence-corrected chi connectivity index (χ0v) is 9.08. The molecule has 0 unspecified atom stereocenters. The van der Waals surface area contributed by atoms with Crippen LogP contribution in [0.4, 0.5) is 0 Å². The molecule has 0 aliphatic carbocycles. The van der Waals surface area contributed by atoms with Crippen LogP contribution in [-0.4, -0.2) is 36.6 Å². The quantitative estimate of drug-likeness (QED) is 0.636. The Morgan fingerprint density at radius 3 is 2.50 bits per heavy atom. The van der Waals surface area contributed by atoms with Gasteiger partial charge in [0.1, 0.15) is 0 Å². The number of amides is 1. The first-order valence-corrected chi connectivity index (χ1v) is 5.50. The molecule has 2 rings (SSSR count). The molecule has 3 nitrogen and oxygen atoms in total. The van der Waals surface area contributed by atoms with Crippen LogP contribution >= 0.6 is 0 Å². The molecule has 14 heavy (non-hydrogen) atoms. The molecule has 2 aliphatic heterocycles. The number of carbonyl (C=O) groups is 1. The lowest BCUT2D eigenvalue weighted by Gasteiger charge is -2.32. The normalized spacial score (nSPS) is 28.4. The van der Waals surface area contributed by atoms with Gasteiger partial charge in [0.25, 0.3) is 0 Å². The SMILES string of the molecule is CC1(C)CCN(C2CCOCC2)C1=O. The molecule has 0 aromatic rings. The van der Waals surface area contributed by atoms with Crippen LogP contribution in [0, 0.1) is 5.41 Å². The largest absolute Gasteiger partial charge is 0.381 e. The number of likely N-dealkylation sites (tertiary alicyclic amines) is 1. The van der Waals surface area contributed by atoms with Crippen molar-refractivity contribution in [3.05, 3.63) is 0 Å². The summed E-state index contributed by atoms with van der Waals surface area (Å²) in [7, 11) is 0. The second-order valence-electron chi connectivity index (χ2n) is 4.98. The van der Waals surface area contributed by atoms with Crippen molar-refractivity contribution in [1.82, 2.24) is 4.90 Å². The van der Waals surface area contributed by atoms with E-state index in [-0.39, 0.29) is 5.41 Å². The van der Waals surface area contributed by atoms with Crippen molar-refractivity contribution in [3.63, 3.8) is 0 Å². The van der Waals surface area contributed by atoms with Crippen LogP contribution in [0.5, 0.6) is 0 Å². The summed E-state index contributed by atoms with van der Waals surface area (Å²) in [6.07, 6.45) is 3.03. The van der Waals surface area contributed by atoms with Crippen molar-refractivity contribution >= 4 is 5.91 Å². The molecule has 2 fully saturated rings. The van der Waals surface area contributed by atoms with Crippen LogP contribution in [0.2, 0.25) is 0 Å². The Kier molecular flexibility index (Phi) is 2.52. The van der Waals surface area contributed by atoms with Crippen molar-refractivity contribution in [3.8, 4) is 0 Å². The molecule has 0 aromatic heterocycles. The van der Waals surface area contributed by atoms with E-state index >= 15 is 0 Å². The summed E-state index contributed by atoms with van der Waals surface area (Å²) in [5.41, 5.74) is -0.127. The summed E-state index contributed by atoms with van der Waals surface area (Å²) in [5.74, 6) is 0.337. The number of hydrogen-bond acceptors (Lipinski definition) is 2. The van der Waals surface area contributed by atoms with Crippen LogP contribution in [0.25, 0.3) is 0 Å². The summed E-state index contributed by atoms with van der Waals surface area (Å²) in [5, 5.41) is 0. The third-order valence-electron chi connectivity index (χ3n) is 3.45. The molecule has 0 aromatic carbocycles. The number of hydrogen-bond donors (Lipinski definition) is 0. The highest BCUT2D eigenvalue weighted by molar-refractivity contribution is 5.84. The number of nitrogens with zero attached hydrogens (tertiary/aromatic N) is 1. The molecule has 0 bridgehead atoms. The molecule has 3 heteroatoms. The zero-order chi connectivity index (χ0) is 10.2. The fourth-order valence-corrected chi connectivity index (χ4v) is 2.34. The van der Waals surface area contributed by atoms with E-state index in [0.717, 1.165) is 39.0 Å². The molecular formula is C11H19NO2. The van der Waals surface area contributed by atoms with E-state index in [0.29, 0.717) is 11.9 Å². The maximum absolute atomic E-state index is 12.0.